The monoisotopic (exact) mass is 238 g/mol. The van der Waals surface area contributed by atoms with Crippen LogP contribution in [-0.4, -0.2) is 19.3 Å². The van der Waals surface area contributed by atoms with E-state index in [-0.39, 0.29) is 0 Å². The molecule has 90 valence electrons. The third kappa shape index (κ3) is 1.70. The van der Waals surface area contributed by atoms with Crippen molar-refractivity contribution in [2.45, 2.75) is 12.5 Å². The zero-order chi connectivity index (χ0) is 11.9. The first-order valence-corrected chi connectivity index (χ1v) is 6.36. The summed E-state index contributed by atoms with van der Waals surface area (Å²) < 4.78 is 10.9. The van der Waals surface area contributed by atoms with Crippen LogP contribution in [-0.2, 0) is 11.2 Å². The van der Waals surface area contributed by atoms with Crippen LogP contribution in [0.2, 0.25) is 0 Å². The minimum atomic E-state index is 0.315. The second-order valence-electron chi connectivity index (χ2n) is 4.92. The number of hydrogen-bond donors (Lipinski definition) is 0. The summed E-state index contributed by atoms with van der Waals surface area (Å²) in [6, 6.07) is 15.0. The maximum Gasteiger partial charge on any atom is 0.119 e. The Morgan fingerprint density at radius 3 is 2.78 bits per heavy atom. The summed E-state index contributed by atoms with van der Waals surface area (Å²) in [6.45, 7) is 1.52. The van der Waals surface area contributed by atoms with E-state index in [9.17, 15) is 0 Å². The predicted molar refractivity (Wildman–Crippen MR) is 69.9 cm³/mol. The van der Waals surface area contributed by atoms with Crippen molar-refractivity contribution in [3.8, 4) is 16.9 Å². The lowest BCUT2D eigenvalue weighted by Crippen LogP contribution is -2.04. The Morgan fingerprint density at radius 1 is 1.06 bits per heavy atom. The van der Waals surface area contributed by atoms with E-state index in [1.54, 1.807) is 0 Å². The van der Waals surface area contributed by atoms with Crippen molar-refractivity contribution >= 4 is 0 Å². The van der Waals surface area contributed by atoms with Gasteiger partial charge in [-0.05, 0) is 40.8 Å². The molecule has 1 atom stereocenters. The molecule has 0 amide bonds. The molecule has 4 rings (SSSR count). The quantitative estimate of drug-likeness (QED) is 0.654. The average molecular weight is 238 g/mol. The summed E-state index contributed by atoms with van der Waals surface area (Å²) in [5, 5.41) is 0. The van der Waals surface area contributed by atoms with Gasteiger partial charge in [-0.1, -0.05) is 30.3 Å². The highest BCUT2D eigenvalue weighted by Gasteiger charge is 2.23. The van der Waals surface area contributed by atoms with Gasteiger partial charge in [0.1, 0.15) is 18.5 Å². The molecule has 0 N–H and O–H groups in total. The van der Waals surface area contributed by atoms with Crippen molar-refractivity contribution in [2.75, 3.05) is 13.2 Å². The van der Waals surface area contributed by atoms with E-state index < -0.39 is 0 Å². The maximum atomic E-state index is 5.73. The summed E-state index contributed by atoms with van der Waals surface area (Å²) in [7, 11) is 0. The van der Waals surface area contributed by atoms with Crippen molar-refractivity contribution in [1.29, 1.82) is 0 Å². The molecule has 2 nitrogen and oxygen atoms in total. The van der Waals surface area contributed by atoms with Gasteiger partial charge in [0.25, 0.3) is 0 Å². The Bertz CT molecular complexity index is 600. The average Bonchev–Trinajstić information content (AvgIpc) is 3.16. The Morgan fingerprint density at radius 2 is 1.89 bits per heavy atom. The number of ether oxygens (including phenoxy) is 2. The second-order valence-corrected chi connectivity index (χ2v) is 4.92. The third-order valence-corrected chi connectivity index (χ3v) is 3.60. The molecule has 0 radical (unpaired) electrons. The fraction of sp³-hybridized carbons (Fsp3) is 0.250. The fourth-order valence-corrected chi connectivity index (χ4v) is 2.56. The van der Waals surface area contributed by atoms with Crippen LogP contribution < -0.4 is 4.74 Å². The first-order valence-electron chi connectivity index (χ1n) is 6.36. The van der Waals surface area contributed by atoms with E-state index in [4.69, 9.17) is 9.47 Å². The van der Waals surface area contributed by atoms with Gasteiger partial charge < -0.3 is 9.47 Å². The van der Waals surface area contributed by atoms with E-state index in [1.165, 1.54) is 22.3 Å². The van der Waals surface area contributed by atoms with Crippen molar-refractivity contribution in [1.82, 2.24) is 0 Å². The first kappa shape index (κ1) is 10.2. The zero-order valence-electron chi connectivity index (χ0n) is 10.1. The van der Waals surface area contributed by atoms with Gasteiger partial charge in [-0.25, -0.2) is 0 Å². The van der Waals surface area contributed by atoms with Crippen LogP contribution in [0.15, 0.2) is 42.5 Å². The topological polar surface area (TPSA) is 21.8 Å². The molecule has 1 unspecified atom stereocenters. The van der Waals surface area contributed by atoms with Gasteiger partial charge in [-0.3, -0.25) is 0 Å². The molecule has 18 heavy (non-hydrogen) atoms. The minimum absolute atomic E-state index is 0.315. The molecular weight excluding hydrogens is 224 g/mol. The molecule has 2 aromatic rings. The molecule has 0 spiro atoms. The van der Waals surface area contributed by atoms with Crippen LogP contribution in [0.1, 0.15) is 11.1 Å². The first-order chi connectivity index (χ1) is 8.90. The highest BCUT2D eigenvalue weighted by Crippen LogP contribution is 2.38. The summed E-state index contributed by atoms with van der Waals surface area (Å²) in [5.74, 6) is 0.956. The van der Waals surface area contributed by atoms with Crippen LogP contribution in [0.3, 0.4) is 0 Å². The Hall–Kier alpha value is -1.80. The van der Waals surface area contributed by atoms with Gasteiger partial charge in [0.05, 0.1) is 6.61 Å². The van der Waals surface area contributed by atoms with E-state index in [2.05, 4.69) is 42.5 Å². The normalized spacial score (nSPS) is 19.2. The molecule has 1 fully saturated rings. The molecule has 1 saturated heterocycles. The fourth-order valence-electron chi connectivity index (χ4n) is 2.56. The Labute approximate surface area is 106 Å². The summed E-state index contributed by atoms with van der Waals surface area (Å²) >= 11 is 0. The Kier molecular flexibility index (Phi) is 2.17. The van der Waals surface area contributed by atoms with Crippen molar-refractivity contribution in [3.63, 3.8) is 0 Å². The molecule has 1 heterocycles. The van der Waals surface area contributed by atoms with Gasteiger partial charge in [-0.15, -0.1) is 0 Å². The van der Waals surface area contributed by atoms with E-state index in [0.29, 0.717) is 12.7 Å². The van der Waals surface area contributed by atoms with Gasteiger partial charge in [0.2, 0.25) is 0 Å². The second kappa shape index (κ2) is 3.85. The number of rotatable bonds is 3. The summed E-state index contributed by atoms with van der Waals surface area (Å²) in [5.41, 5.74) is 5.49. The van der Waals surface area contributed by atoms with Gasteiger partial charge >= 0.3 is 0 Å². The van der Waals surface area contributed by atoms with Crippen LogP contribution in [0.4, 0.5) is 0 Å². The largest absolute Gasteiger partial charge is 0.491 e. The number of hydrogen-bond acceptors (Lipinski definition) is 2. The van der Waals surface area contributed by atoms with Gasteiger partial charge in [0, 0.05) is 0 Å². The molecular formula is C16H14O2. The van der Waals surface area contributed by atoms with Crippen LogP contribution in [0, 0.1) is 0 Å². The van der Waals surface area contributed by atoms with Crippen LogP contribution >= 0.6 is 0 Å². The molecule has 2 aromatic carbocycles. The minimum Gasteiger partial charge on any atom is -0.491 e. The van der Waals surface area contributed by atoms with Crippen molar-refractivity contribution < 1.29 is 9.47 Å². The highest BCUT2D eigenvalue weighted by molar-refractivity contribution is 5.77. The van der Waals surface area contributed by atoms with Gasteiger partial charge in [-0.2, -0.15) is 0 Å². The lowest BCUT2D eigenvalue weighted by Gasteiger charge is -2.06. The number of benzene rings is 2. The SMILES string of the molecule is c1ccc2c(c1)Cc1cc(OCC3CO3)ccc1-2. The van der Waals surface area contributed by atoms with E-state index in [1.807, 2.05) is 0 Å². The van der Waals surface area contributed by atoms with Crippen LogP contribution in [0.5, 0.6) is 5.75 Å². The zero-order valence-corrected chi connectivity index (χ0v) is 10.1. The Balaban J connectivity index is 1.63. The lowest BCUT2D eigenvalue weighted by atomic mass is 10.1. The molecule has 1 aliphatic heterocycles. The van der Waals surface area contributed by atoms with Crippen molar-refractivity contribution in [3.05, 3.63) is 53.6 Å². The molecule has 0 saturated carbocycles. The van der Waals surface area contributed by atoms with Crippen molar-refractivity contribution in [2.24, 2.45) is 0 Å². The third-order valence-electron chi connectivity index (χ3n) is 3.60. The number of fused-ring (bicyclic) bond motifs is 3. The maximum absolute atomic E-state index is 5.73. The van der Waals surface area contributed by atoms with Crippen LogP contribution in [0.25, 0.3) is 11.1 Å². The number of epoxide rings is 1. The highest BCUT2D eigenvalue weighted by atomic mass is 16.6. The molecule has 1 aliphatic carbocycles. The summed E-state index contributed by atoms with van der Waals surface area (Å²) in [6.07, 6.45) is 1.33. The standard InChI is InChI=1S/C16H14O2/c1-2-4-15-11(3-1)7-12-8-13(5-6-16(12)15)17-9-14-10-18-14/h1-6,8,14H,7,9-10H2. The lowest BCUT2D eigenvalue weighted by molar-refractivity contribution is 0.263. The van der Waals surface area contributed by atoms with Gasteiger partial charge in [0.15, 0.2) is 0 Å². The predicted octanol–water partition coefficient (Wildman–Crippen LogP) is 3.04. The molecule has 2 aliphatic rings. The molecule has 2 heteroatoms. The smallest absolute Gasteiger partial charge is 0.119 e. The molecule has 0 bridgehead atoms. The van der Waals surface area contributed by atoms with E-state index in [0.717, 1.165) is 18.8 Å². The summed E-state index contributed by atoms with van der Waals surface area (Å²) in [4.78, 5) is 0. The molecule has 0 aromatic heterocycles. The van der Waals surface area contributed by atoms with E-state index >= 15 is 0 Å².